The van der Waals surface area contributed by atoms with Gasteiger partial charge in [0, 0.05) is 29.8 Å². The first-order valence-corrected chi connectivity index (χ1v) is 7.17. The molecule has 0 saturated heterocycles. The van der Waals surface area contributed by atoms with E-state index in [0.717, 1.165) is 11.1 Å². The number of aromatic hydroxyl groups is 2. The maximum Gasteiger partial charge on any atom is 0.120 e. The molecule has 0 atom stereocenters. The Morgan fingerprint density at radius 1 is 0.762 bits per heavy atom. The van der Waals surface area contributed by atoms with Crippen LogP contribution in [0.4, 0.5) is 0 Å². The number of hydrogen-bond donors (Lipinski definition) is 2. The van der Waals surface area contributed by atoms with Gasteiger partial charge in [0.2, 0.25) is 0 Å². The second-order valence-corrected chi connectivity index (χ2v) is 6.28. The van der Waals surface area contributed by atoms with E-state index in [1.807, 2.05) is 36.4 Å². The summed E-state index contributed by atoms with van der Waals surface area (Å²) in [4.78, 5) is 2.23. The lowest BCUT2D eigenvalue weighted by Gasteiger charge is -2.36. The topological polar surface area (TPSA) is 43.7 Å². The number of rotatable bonds is 4. The van der Waals surface area contributed by atoms with E-state index in [-0.39, 0.29) is 5.54 Å². The largest absolute Gasteiger partial charge is 0.508 e. The number of benzene rings is 2. The van der Waals surface area contributed by atoms with Gasteiger partial charge in [-0.3, -0.25) is 4.90 Å². The van der Waals surface area contributed by atoms with Crippen LogP contribution >= 0.6 is 0 Å². The molecule has 112 valence electrons. The summed E-state index contributed by atoms with van der Waals surface area (Å²) in [6.07, 6.45) is 0. The van der Waals surface area contributed by atoms with Crippen molar-refractivity contribution in [3.63, 3.8) is 0 Å². The molecule has 0 aliphatic carbocycles. The summed E-state index contributed by atoms with van der Waals surface area (Å²) in [5.41, 5.74) is 1.70. The van der Waals surface area contributed by atoms with Crippen LogP contribution < -0.4 is 0 Å². The highest BCUT2D eigenvalue weighted by molar-refractivity contribution is 5.33. The number of para-hydroxylation sites is 2. The van der Waals surface area contributed by atoms with Crippen LogP contribution in [-0.2, 0) is 13.1 Å². The third-order valence-corrected chi connectivity index (χ3v) is 3.65. The first-order valence-electron chi connectivity index (χ1n) is 7.17. The fourth-order valence-corrected chi connectivity index (χ4v) is 2.23. The van der Waals surface area contributed by atoms with E-state index in [1.165, 1.54) is 0 Å². The van der Waals surface area contributed by atoms with Gasteiger partial charge >= 0.3 is 0 Å². The van der Waals surface area contributed by atoms with Gasteiger partial charge < -0.3 is 10.2 Å². The second-order valence-electron chi connectivity index (χ2n) is 6.28. The standard InChI is InChI=1S/C18H23NO2/c1-18(2,3)19(12-14-8-4-6-10-16(14)20)13-15-9-5-7-11-17(15)21/h4-11,20-21H,12-13H2,1-3H3. The average molecular weight is 285 g/mol. The summed E-state index contributed by atoms with van der Waals surface area (Å²) >= 11 is 0. The van der Waals surface area contributed by atoms with Crippen LogP contribution in [0.3, 0.4) is 0 Å². The normalized spacial score (nSPS) is 11.8. The zero-order chi connectivity index (χ0) is 15.5. The van der Waals surface area contributed by atoms with Crippen LogP contribution in [0, 0.1) is 0 Å². The smallest absolute Gasteiger partial charge is 0.120 e. The second kappa shape index (κ2) is 6.19. The Hall–Kier alpha value is -2.00. The molecule has 0 aliphatic rings. The maximum absolute atomic E-state index is 9.97. The van der Waals surface area contributed by atoms with Crippen LogP contribution in [0.2, 0.25) is 0 Å². The average Bonchev–Trinajstić information content (AvgIpc) is 2.41. The predicted octanol–water partition coefficient (Wildman–Crippen LogP) is 3.90. The Bertz CT molecular complexity index is 555. The van der Waals surface area contributed by atoms with Crippen molar-refractivity contribution in [1.29, 1.82) is 0 Å². The summed E-state index contributed by atoms with van der Waals surface area (Å²) in [5, 5.41) is 19.9. The molecular formula is C18H23NO2. The van der Waals surface area contributed by atoms with E-state index in [0.29, 0.717) is 24.6 Å². The molecule has 0 saturated carbocycles. The van der Waals surface area contributed by atoms with Crippen LogP contribution in [0.5, 0.6) is 11.5 Å². The van der Waals surface area contributed by atoms with Gasteiger partial charge in [0.15, 0.2) is 0 Å². The third kappa shape index (κ3) is 3.99. The summed E-state index contributed by atoms with van der Waals surface area (Å²) in [5.74, 6) is 0.619. The highest BCUT2D eigenvalue weighted by Crippen LogP contribution is 2.27. The number of nitrogens with zero attached hydrogens (tertiary/aromatic N) is 1. The van der Waals surface area contributed by atoms with Crippen LogP contribution in [-0.4, -0.2) is 20.7 Å². The minimum Gasteiger partial charge on any atom is -0.508 e. The maximum atomic E-state index is 9.97. The van der Waals surface area contributed by atoms with Gasteiger partial charge in [-0.2, -0.15) is 0 Å². The van der Waals surface area contributed by atoms with Gasteiger partial charge in [-0.1, -0.05) is 36.4 Å². The van der Waals surface area contributed by atoms with Gasteiger partial charge in [-0.15, -0.1) is 0 Å². The van der Waals surface area contributed by atoms with Gasteiger partial charge in [0.1, 0.15) is 11.5 Å². The minimum atomic E-state index is -0.0788. The quantitative estimate of drug-likeness (QED) is 0.895. The first kappa shape index (κ1) is 15.4. The van der Waals surface area contributed by atoms with Crippen molar-refractivity contribution >= 4 is 0 Å². The van der Waals surface area contributed by atoms with E-state index in [9.17, 15) is 10.2 Å². The van der Waals surface area contributed by atoms with Gasteiger partial charge in [-0.05, 0) is 32.9 Å². The lowest BCUT2D eigenvalue weighted by Crippen LogP contribution is -2.40. The van der Waals surface area contributed by atoms with Crippen LogP contribution in [0.15, 0.2) is 48.5 Å². The Balaban J connectivity index is 2.24. The molecule has 0 radical (unpaired) electrons. The molecule has 0 aromatic heterocycles. The van der Waals surface area contributed by atoms with Gasteiger partial charge in [-0.25, -0.2) is 0 Å². The molecule has 0 bridgehead atoms. The van der Waals surface area contributed by atoms with E-state index < -0.39 is 0 Å². The van der Waals surface area contributed by atoms with Crippen molar-refractivity contribution in [2.24, 2.45) is 0 Å². The molecule has 0 spiro atoms. The van der Waals surface area contributed by atoms with E-state index in [2.05, 4.69) is 25.7 Å². The first-order chi connectivity index (χ1) is 9.88. The lowest BCUT2D eigenvalue weighted by molar-refractivity contribution is 0.116. The zero-order valence-corrected chi connectivity index (χ0v) is 12.9. The molecule has 2 rings (SSSR count). The highest BCUT2D eigenvalue weighted by atomic mass is 16.3. The molecule has 0 aliphatic heterocycles. The SMILES string of the molecule is CC(C)(C)N(Cc1ccccc1O)Cc1ccccc1O. The summed E-state index contributed by atoms with van der Waals surface area (Å²) in [6.45, 7) is 7.65. The van der Waals surface area contributed by atoms with Gasteiger partial charge in [0.25, 0.3) is 0 Å². The zero-order valence-electron chi connectivity index (χ0n) is 12.9. The summed E-state index contributed by atoms with van der Waals surface area (Å²) in [6, 6.07) is 14.8. The Morgan fingerprint density at radius 2 is 1.14 bits per heavy atom. The molecule has 3 nitrogen and oxygen atoms in total. The summed E-state index contributed by atoms with van der Waals surface area (Å²) in [7, 11) is 0. The van der Waals surface area contributed by atoms with Crippen molar-refractivity contribution in [1.82, 2.24) is 4.90 Å². The molecule has 2 N–H and O–H groups in total. The fraction of sp³-hybridized carbons (Fsp3) is 0.333. The van der Waals surface area contributed by atoms with Crippen molar-refractivity contribution in [2.45, 2.75) is 39.4 Å². The van der Waals surface area contributed by atoms with Crippen LogP contribution in [0.1, 0.15) is 31.9 Å². The van der Waals surface area contributed by atoms with Crippen molar-refractivity contribution in [3.8, 4) is 11.5 Å². The number of phenolic OH excluding ortho intramolecular Hbond substituents is 2. The Kier molecular flexibility index (Phi) is 4.53. The number of phenols is 2. The van der Waals surface area contributed by atoms with Crippen molar-refractivity contribution < 1.29 is 10.2 Å². The molecule has 0 heterocycles. The molecule has 2 aromatic carbocycles. The van der Waals surface area contributed by atoms with E-state index >= 15 is 0 Å². The van der Waals surface area contributed by atoms with Crippen molar-refractivity contribution in [2.75, 3.05) is 0 Å². The molecular weight excluding hydrogens is 262 g/mol. The van der Waals surface area contributed by atoms with Crippen molar-refractivity contribution in [3.05, 3.63) is 59.7 Å². The summed E-state index contributed by atoms with van der Waals surface area (Å²) < 4.78 is 0. The molecule has 0 fully saturated rings. The Labute approximate surface area is 126 Å². The Morgan fingerprint density at radius 3 is 1.48 bits per heavy atom. The highest BCUT2D eigenvalue weighted by Gasteiger charge is 2.23. The molecule has 0 unspecified atom stereocenters. The predicted molar refractivity (Wildman–Crippen MR) is 85.2 cm³/mol. The monoisotopic (exact) mass is 285 g/mol. The third-order valence-electron chi connectivity index (χ3n) is 3.65. The van der Waals surface area contributed by atoms with E-state index in [4.69, 9.17) is 0 Å². The fourth-order valence-electron chi connectivity index (χ4n) is 2.23. The minimum absolute atomic E-state index is 0.0788. The molecule has 0 amide bonds. The lowest BCUT2D eigenvalue weighted by atomic mass is 10.0. The van der Waals surface area contributed by atoms with E-state index in [1.54, 1.807) is 12.1 Å². The van der Waals surface area contributed by atoms with Gasteiger partial charge in [0.05, 0.1) is 0 Å². The molecule has 3 heteroatoms. The van der Waals surface area contributed by atoms with Crippen LogP contribution in [0.25, 0.3) is 0 Å². The number of hydrogen-bond acceptors (Lipinski definition) is 3. The molecule has 21 heavy (non-hydrogen) atoms. The molecule has 2 aromatic rings.